The Kier molecular flexibility index (Phi) is 21.8. The summed E-state index contributed by atoms with van der Waals surface area (Å²) in [7, 11) is 1.27. The van der Waals surface area contributed by atoms with Crippen molar-refractivity contribution in [2.75, 3.05) is 26.9 Å². The predicted octanol–water partition coefficient (Wildman–Crippen LogP) is 9.42. The van der Waals surface area contributed by atoms with Gasteiger partial charge >= 0.3 is 35.8 Å². The van der Waals surface area contributed by atoms with Gasteiger partial charge in [0.15, 0.2) is 43.1 Å². The topological polar surface area (TPSA) is 333 Å². The summed E-state index contributed by atoms with van der Waals surface area (Å²) in [5, 5.41) is 26.1. The highest BCUT2D eigenvalue weighted by molar-refractivity contribution is 6.22. The summed E-state index contributed by atoms with van der Waals surface area (Å²) in [5.74, 6) is -10.7. The number of esters is 6. The van der Waals surface area contributed by atoms with Gasteiger partial charge in [-0.25, -0.2) is 28.8 Å². The minimum absolute atomic E-state index is 0.00831. The van der Waals surface area contributed by atoms with Crippen molar-refractivity contribution in [1.82, 2.24) is 14.4 Å². The molecule has 0 radical (unpaired) electrons. The molecule has 27 nitrogen and oxygen atoms in total. The third-order valence-electron chi connectivity index (χ3n) is 19.9. The zero-order valence-corrected chi connectivity index (χ0v) is 59.3. The molecule has 2 N–H and O–H groups in total. The molecule has 0 spiro atoms. The van der Waals surface area contributed by atoms with E-state index < -0.39 is 177 Å². The maximum Gasteiger partial charge on any atom is 0.338 e. The second-order valence-electron chi connectivity index (χ2n) is 26.6. The monoisotopic (exact) mass is 1520 g/mol. The number of aliphatic hydroxyl groups excluding tert-OH is 1. The van der Waals surface area contributed by atoms with Gasteiger partial charge in [-0.05, 0) is 103 Å². The molecule has 6 heterocycles. The Morgan fingerprint density at radius 3 is 1.01 bits per heavy atom. The lowest BCUT2D eigenvalue weighted by molar-refractivity contribution is -0.359. The number of benzene rings is 9. The summed E-state index contributed by atoms with van der Waals surface area (Å²) >= 11 is 0. The summed E-state index contributed by atoms with van der Waals surface area (Å²) in [6.07, 6.45) is -23.0. The molecule has 112 heavy (non-hydrogen) atoms. The summed E-state index contributed by atoms with van der Waals surface area (Å²) < 4.78 is 80.8. The number of fused-ring (bicyclic) bond motifs is 3. The van der Waals surface area contributed by atoms with Crippen molar-refractivity contribution in [2.24, 2.45) is 0 Å². The molecule has 27 heteroatoms. The third-order valence-corrected chi connectivity index (χ3v) is 19.9. The highest BCUT2D eigenvalue weighted by Crippen LogP contribution is 2.45. The number of carbonyl (C=O) groups excluding carboxylic acids is 10. The average molecular weight is 1520 g/mol. The SMILES string of the molecule is CO[C@H]1OC(COC(=O)c2ccccc2)[C@H](OC2OC(COC(=O)c3ccccc3)C(O[C@H]3OC(COC(=O)c4ccccc4)[C@H](O)C(OC(=O)c4ccccc4)[C@H]3N3C(=O)c4ccccc4C3=O)[C@@H](OC(=O)c3ccccc3)[C@@H]2N2C(=O)c3ccccc3C2=O)C(OC(=O)c2ccccc2)[C@H]1n1cc2ccccc2c1O. The molecule has 5 aliphatic heterocycles. The molecule has 15 atom stereocenters. The van der Waals surface area contributed by atoms with Crippen LogP contribution in [0.1, 0.15) is 110 Å². The Hall–Kier alpha value is -12.9. The van der Waals surface area contributed by atoms with Gasteiger partial charge in [-0.2, -0.15) is 0 Å². The maximum absolute atomic E-state index is 15.9. The Bertz CT molecular complexity index is 5100. The first-order valence-electron chi connectivity index (χ1n) is 35.7. The van der Waals surface area contributed by atoms with Crippen LogP contribution in [-0.4, -0.2) is 197 Å². The summed E-state index contributed by atoms with van der Waals surface area (Å²) in [4.78, 5) is 152. The maximum atomic E-state index is 15.9. The average Bonchev–Trinajstić information content (AvgIpc) is 1.55. The molecule has 9 aromatic carbocycles. The van der Waals surface area contributed by atoms with Crippen LogP contribution in [0.4, 0.5) is 0 Å². The molecule has 0 aliphatic carbocycles. The van der Waals surface area contributed by atoms with Gasteiger partial charge in [0.1, 0.15) is 74.6 Å². The highest BCUT2D eigenvalue weighted by Gasteiger charge is 2.63. The van der Waals surface area contributed by atoms with Gasteiger partial charge < -0.3 is 71.6 Å². The zero-order chi connectivity index (χ0) is 77.7. The van der Waals surface area contributed by atoms with E-state index in [1.165, 1.54) is 163 Å². The molecular weight excluding hydrogens is 1450 g/mol. The number of hydrogen-bond donors (Lipinski definition) is 2. The van der Waals surface area contributed by atoms with Crippen molar-refractivity contribution in [3.8, 4) is 5.88 Å². The van der Waals surface area contributed by atoms with Crippen molar-refractivity contribution in [1.29, 1.82) is 0 Å². The van der Waals surface area contributed by atoms with E-state index in [9.17, 15) is 29.4 Å². The number of imide groups is 2. The number of ether oxygens (including phenoxy) is 12. The van der Waals surface area contributed by atoms with Gasteiger partial charge in [-0.1, -0.05) is 152 Å². The van der Waals surface area contributed by atoms with E-state index in [0.29, 0.717) is 20.6 Å². The van der Waals surface area contributed by atoms with Gasteiger partial charge in [0, 0.05) is 24.1 Å². The number of aromatic nitrogens is 1. The third kappa shape index (κ3) is 14.9. The Morgan fingerprint density at radius 1 is 0.348 bits per heavy atom. The number of methoxy groups -OCH3 is 1. The normalized spacial score (nSPS) is 24.6. The minimum Gasteiger partial charge on any atom is -0.494 e. The Morgan fingerprint density at radius 2 is 0.643 bits per heavy atom. The first-order valence-corrected chi connectivity index (χ1v) is 35.7. The standard InChI is InChI=1S/C85H69N3O24/c1-101-83-63(86-44-54-38-20-21-39-55(54)72(86)90)70(109-81(99)52-34-16-6-17-35-52)67(61(106-83)46-103-78(96)49-28-10-3-11-29-49)111-85-65(88-75(93)58-42-24-25-43-59(58)76(88)94)71(110-82(100)53-36-18-7-19-37-53)68(62(107-85)47-104-79(97)50-30-12-4-13-31-50)112-84-64(87-73(91)56-40-22-23-41-57(56)74(87)92)69(108-80(98)51-32-14-5-15-33-51)66(89)60(105-84)45-102-77(95)48-26-8-2-9-27-48/h2-44,60-71,83-85,89-90H,45-47H2,1H3/t60?,61?,62?,63-,64-,65+,66+,67+,68?,69?,70?,71+,83+,84-,85?/m1/s1. The number of amides is 4. The molecule has 15 rings (SSSR count). The van der Waals surface area contributed by atoms with Crippen molar-refractivity contribution in [3.63, 3.8) is 0 Å². The van der Waals surface area contributed by atoms with Gasteiger partial charge in [0.05, 0.1) is 55.6 Å². The number of aromatic hydroxyl groups is 1. The highest BCUT2D eigenvalue weighted by atomic mass is 16.8. The molecule has 5 aliphatic rings. The van der Waals surface area contributed by atoms with E-state index in [2.05, 4.69) is 0 Å². The molecule has 7 unspecified atom stereocenters. The Labute approximate surface area is 638 Å². The Balaban J connectivity index is 0.937. The van der Waals surface area contributed by atoms with Crippen LogP contribution < -0.4 is 0 Å². The smallest absolute Gasteiger partial charge is 0.338 e. The largest absolute Gasteiger partial charge is 0.494 e. The molecule has 0 saturated carbocycles. The van der Waals surface area contributed by atoms with Gasteiger partial charge in [-0.15, -0.1) is 0 Å². The fraction of sp³-hybridized carbons (Fsp3) is 0.224. The van der Waals surface area contributed by atoms with Crippen LogP contribution in [0.25, 0.3) is 10.8 Å². The van der Waals surface area contributed by atoms with Crippen LogP contribution in [0, 0.1) is 0 Å². The molecule has 1 aromatic heterocycles. The quantitative estimate of drug-likeness (QED) is 0.0342. The fourth-order valence-corrected chi connectivity index (χ4v) is 14.5. The zero-order valence-electron chi connectivity index (χ0n) is 59.3. The summed E-state index contributed by atoms with van der Waals surface area (Å²) in [5.41, 5.74) is -0.844. The molecule has 3 saturated heterocycles. The van der Waals surface area contributed by atoms with Crippen LogP contribution in [0.15, 0.2) is 261 Å². The van der Waals surface area contributed by atoms with Gasteiger partial charge in [0.2, 0.25) is 0 Å². The first kappa shape index (κ1) is 74.6. The van der Waals surface area contributed by atoms with Gasteiger partial charge in [0.25, 0.3) is 23.6 Å². The van der Waals surface area contributed by atoms with Gasteiger partial charge in [-0.3, -0.25) is 29.0 Å². The molecule has 3 fully saturated rings. The molecule has 4 amide bonds. The van der Waals surface area contributed by atoms with Crippen LogP contribution in [0.3, 0.4) is 0 Å². The van der Waals surface area contributed by atoms with Crippen molar-refractivity contribution in [3.05, 3.63) is 317 Å². The first-order chi connectivity index (χ1) is 54.5. The lowest BCUT2D eigenvalue weighted by Gasteiger charge is -2.52. The number of rotatable bonds is 23. The van der Waals surface area contributed by atoms with Crippen LogP contribution in [-0.2, 0) is 56.8 Å². The lowest BCUT2D eigenvalue weighted by atomic mass is 9.92. The van der Waals surface area contributed by atoms with E-state index in [1.807, 2.05) is 0 Å². The van der Waals surface area contributed by atoms with Crippen LogP contribution in [0.2, 0.25) is 0 Å². The number of nitrogens with zero attached hydrogens (tertiary/aromatic N) is 3. The summed E-state index contributed by atoms with van der Waals surface area (Å²) in [6.45, 7) is -2.67. The van der Waals surface area contributed by atoms with E-state index in [1.54, 1.807) is 109 Å². The second kappa shape index (κ2) is 32.8. The molecular formula is C85H69N3O24. The number of carbonyl (C=O) groups is 10. The van der Waals surface area contributed by atoms with Crippen molar-refractivity contribution < 1.29 is 115 Å². The number of aliphatic hydroxyl groups is 1. The summed E-state index contributed by atoms with van der Waals surface area (Å²) in [6, 6.07) is 57.7. The van der Waals surface area contributed by atoms with E-state index in [4.69, 9.17) is 56.8 Å². The minimum atomic E-state index is -2.34. The molecule has 0 bridgehead atoms. The van der Waals surface area contributed by atoms with Crippen molar-refractivity contribution in [2.45, 2.75) is 91.9 Å². The van der Waals surface area contributed by atoms with E-state index >= 15 is 28.8 Å². The van der Waals surface area contributed by atoms with Crippen LogP contribution >= 0.6 is 0 Å². The second-order valence-corrected chi connectivity index (χ2v) is 26.6. The van der Waals surface area contributed by atoms with Crippen molar-refractivity contribution >= 4 is 70.2 Å². The predicted molar refractivity (Wildman–Crippen MR) is 390 cm³/mol. The number of hydrogen-bond acceptors (Lipinski definition) is 24. The van der Waals surface area contributed by atoms with Crippen LogP contribution in [0.5, 0.6) is 5.88 Å². The fourth-order valence-electron chi connectivity index (χ4n) is 14.5. The van der Waals surface area contributed by atoms with E-state index in [0.717, 1.165) is 0 Å². The molecule has 10 aromatic rings. The van der Waals surface area contributed by atoms with E-state index in [-0.39, 0.29) is 55.6 Å². The lowest BCUT2D eigenvalue weighted by Crippen LogP contribution is -2.72. The molecule has 568 valence electrons.